The Morgan fingerprint density at radius 2 is 1.88 bits per heavy atom. The first-order valence-corrected chi connectivity index (χ1v) is 12.6. The first-order chi connectivity index (χ1) is 15.6. The maximum absolute atomic E-state index is 12.5. The zero-order valence-corrected chi connectivity index (χ0v) is 19.6. The number of benzene rings is 1. The number of halogens is 1. The van der Waals surface area contributed by atoms with Crippen LogP contribution in [0.25, 0.3) is 0 Å². The smallest absolute Gasteiger partial charge is 0.222 e. The van der Waals surface area contributed by atoms with E-state index in [1.807, 2.05) is 24.3 Å². The summed E-state index contributed by atoms with van der Waals surface area (Å²) >= 11 is 5.92. The predicted octanol–water partition coefficient (Wildman–Crippen LogP) is 3.54. The molecule has 0 spiro atoms. The summed E-state index contributed by atoms with van der Waals surface area (Å²) in [5.74, 6) is 0.720. The predicted molar refractivity (Wildman–Crippen MR) is 125 cm³/mol. The van der Waals surface area contributed by atoms with Crippen LogP contribution >= 0.6 is 11.6 Å². The molecule has 3 aliphatic rings. The molecule has 3 fully saturated rings. The summed E-state index contributed by atoms with van der Waals surface area (Å²) in [6, 6.07) is 7.76. The number of hydrogen-bond donors (Lipinski definition) is 2. The summed E-state index contributed by atoms with van der Waals surface area (Å²) in [7, 11) is 0. The average Bonchev–Trinajstić information content (AvgIpc) is 2.78. The van der Waals surface area contributed by atoms with Gasteiger partial charge in [0.2, 0.25) is 5.91 Å². The van der Waals surface area contributed by atoms with Crippen molar-refractivity contribution in [3.8, 4) is 0 Å². The monoisotopic (exact) mass is 464 g/mol. The van der Waals surface area contributed by atoms with E-state index in [4.69, 9.17) is 21.1 Å². The molecule has 1 aliphatic carbocycles. The number of carbonyl (C=O) groups is 1. The maximum atomic E-state index is 12.5. The molecule has 0 bridgehead atoms. The first-order valence-electron chi connectivity index (χ1n) is 12.2. The number of aliphatic hydroxyl groups is 1. The molecule has 2 heterocycles. The summed E-state index contributed by atoms with van der Waals surface area (Å²) in [6.07, 6.45) is 8.18. The van der Waals surface area contributed by atoms with Crippen molar-refractivity contribution in [1.29, 1.82) is 0 Å². The Morgan fingerprint density at radius 1 is 1.09 bits per heavy atom. The Bertz CT molecular complexity index is 725. The van der Waals surface area contributed by atoms with Gasteiger partial charge in [-0.25, -0.2) is 0 Å². The second-order valence-electron chi connectivity index (χ2n) is 9.70. The Hall–Kier alpha value is -1.18. The lowest BCUT2D eigenvalue weighted by Crippen LogP contribution is -2.56. The van der Waals surface area contributed by atoms with Gasteiger partial charge in [0.25, 0.3) is 0 Å². The summed E-state index contributed by atoms with van der Waals surface area (Å²) in [5.41, 5.74) is 1.03. The molecule has 7 heteroatoms. The van der Waals surface area contributed by atoms with E-state index in [0.29, 0.717) is 43.7 Å². The molecular weight excluding hydrogens is 428 g/mol. The molecule has 0 unspecified atom stereocenters. The van der Waals surface area contributed by atoms with Crippen LogP contribution in [0.2, 0.25) is 5.02 Å². The van der Waals surface area contributed by atoms with Gasteiger partial charge in [0.15, 0.2) is 0 Å². The first kappa shape index (κ1) is 24.0. The van der Waals surface area contributed by atoms with Crippen LogP contribution in [0.1, 0.15) is 56.9 Å². The fourth-order valence-corrected chi connectivity index (χ4v) is 5.56. The molecular formula is C25H37ClN2O4. The standard InChI is InChI=1S/C25H37ClN2O4/c26-20-8-6-18(7-9-20)13-27-25(30)12-22-10-11-23-24(32-22)17-31-16-21(29)15-28(23)14-19-4-2-1-3-5-19/h6-9,19,21-24,29H,1-5,10-17H2,(H,27,30)/t21-,22-,23+,24-/m1/s1. The lowest BCUT2D eigenvalue weighted by molar-refractivity contribution is -0.158. The third-order valence-corrected chi connectivity index (χ3v) is 7.37. The molecule has 2 aliphatic heterocycles. The van der Waals surface area contributed by atoms with Gasteiger partial charge in [-0.15, -0.1) is 0 Å². The Balaban J connectivity index is 1.29. The number of rotatable bonds is 6. The van der Waals surface area contributed by atoms with Gasteiger partial charge in [-0.1, -0.05) is 43.0 Å². The van der Waals surface area contributed by atoms with Gasteiger partial charge in [-0.2, -0.15) is 0 Å². The zero-order valence-electron chi connectivity index (χ0n) is 18.9. The van der Waals surface area contributed by atoms with Crippen molar-refractivity contribution >= 4 is 17.5 Å². The van der Waals surface area contributed by atoms with Gasteiger partial charge >= 0.3 is 0 Å². The number of amides is 1. The van der Waals surface area contributed by atoms with Gasteiger partial charge in [-0.05, 0) is 49.3 Å². The summed E-state index contributed by atoms with van der Waals surface area (Å²) in [6.45, 7) is 3.00. The van der Waals surface area contributed by atoms with Gasteiger partial charge in [0.1, 0.15) is 0 Å². The average molecular weight is 465 g/mol. The number of hydrogen-bond acceptors (Lipinski definition) is 5. The molecule has 178 valence electrons. The fourth-order valence-electron chi connectivity index (χ4n) is 5.44. The molecule has 1 saturated carbocycles. The molecule has 6 nitrogen and oxygen atoms in total. The van der Waals surface area contributed by atoms with Crippen molar-refractivity contribution in [2.45, 2.75) is 82.3 Å². The third kappa shape index (κ3) is 6.91. The minimum Gasteiger partial charge on any atom is -0.389 e. The van der Waals surface area contributed by atoms with Crippen LogP contribution in [0.15, 0.2) is 24.3 Å². The maximum Gasteiger partial charge on any atom is 0.222 e. The minimum atomic E-state index is -0.448. The Kier molecular flexibility index (Phi) is 8.83. The quantitative estimate of drug-likeness (QED) is 0.673. The second kappa shape index (κ2) is 11.8. The number of aliphatic hydroxyl groups excluding tert-OH is 1. The lowest BCUT2D eigenvalue weighted by Gasteiger charge is -2.45. The number of ether oxygens (including phenoxy) is 2. The van der Waals surface area contributed by atoms with Gasteiger partial charge in [-0.3, -0.25) is 9.69 Å². The Morgan fingerprint density at radius 3 is 2.66 bits per heavy atom. The lowest BCUT2D eigenvalue weighted by atomic mass is 9.87. The molecule has 32 heavy (non-hydrogen) atoms. The van der Waals surface area contributed by atoms with E-state index in [9.17, 15) is 9.90 Å². The van der Waals surface area contributed by atoms with E-state index in [2.05, 4.69) is 10.2 Å². The highest BCUT2D eigenvalue weighted by Gasteiger charge is 2.38. The van der Waals surface area contributed by atoms with Crippen LogP contribution < -0.4 is 5.32 Å². The van der Waals surface area contributed by atoms with Crippen molar-refractivity contribution in [1.82, 2.24) is 10.2 Å². The van der Waals surface area contributed by atoms with Crippen LogP contribution in [-0.4, -0.2) is 66.6 Å². The number of carbonyl (C=O) groups excluding carboxylic acids is 1. The Labute approximate surface area is 196 Å². The summed E-state index contributed by atoms with van der Waals surface area (Å²) in [5, 5.41) is 14.1. The largest absolute Gasteiger partial charge is 0.389 e. The molecule has 4 atom stereocenters. The van der Waals surface area contributed by atoms with Crippen molar-refractivity contribution in [2.75, 3.05) is 26.3 Å². The van der Waals surface area contributed by atoms with Crippen LogP contribution in [-0.2, 0) is 20.8 Å². The van der Waals surface area contributed by atoms with Crippen LogP contribution in [0.3, 0.4) is 0 Å². The van der Waals surface area contributed by atoms with Crippen molar-refractivity contribution in [3.63, 3.8) is 0 Å². The molecule has 1 aromatic rings. The normalized spacial score (nSPS) is 30.2. The molecule has 0 radical (unpaired) electrons. The summed E-state index contributed by atoms with van der Waals surface area (Å²) in [4.78, 5) is 15.0. The molecule has 2 saturated heterocycles. The summed E-state index contributed by atoms with van der Waals surface area (Å²) < 4.78 is 12.1. The van der Waals surface area contributed by atoms with Crippen LogP contribution in [0.4, 0.5) is 0 Å². The van der Waals surface area contributed by atoms with Crippen LogP contribution in [0, 0.1) is 5.92 Å². The van der Waals surface area contributed by atoms with E-state index in [1.54, 1.807) is 0 Å². The number of β-amino-alcohol motifs (C(OH)–C–C–N with tert-alkyl or cyclic N) is 1. The van der Waals surface area contributed by atoms with Gasteiger partial charge < -0.3 is 19.9 Å². The van der Waals surface area contributed by atoms with E-state index in [1.165, 1.54) is 32.1 Å². The van der Waals surface area contributed by atoms with Gasteiger partial charge in [0.05, 0.1) is 37.9 Å². The molecule has 4 rings (SSSR count). The van der Waals surface area contributed by atoms with Crippen LogP contribution in [0.5, 0.6) is 0 Å². The topological polar surface area (TPSA) is 71.0 Å². The van der Waals surface area contributed by atoms with Crippen molar-refractivity contribution < 1.29 is 19.4 Å². The van der Waals surface area contributed by atoms with Crippen molar-refractivity contribution in [3.05, 3.63) is 34.9 Å². The zero-order chi connectivity index (χ0) is 22.3. The number of nitrogens with zero attached hydrogens (tertiary/aromatic N) is 1. The van der Waals surface area contributed by atoms with E-state index in [0.717, 1.165) is 24.9 Å². The highest BCUT2D eigenvalue weighted by Crippen LogP contribution is 2.31. The minimum absolute atomic E-state index is 0.00430. The van der Waals surface area contributed by atoms with Crippen molar-refractivity contribution in [2.24, 2.45) is 5.92 Å². The van der Waals surface area contributed by atoms with E-state index < -0.39 is 6.10 Å². The number of fused-ring (bicyclic) bond motifs is 1. The molecule has 2 N–H and O–H groups in total. The third-order valence-electron chi connectivity index (χ3n) is 7.12. The second-order valence-corrected chi connectivity index (χ2v) is 10.1. The van der Waals surface area contributed by atoms with Gasteiger partial charge in [0, 0.05) is 30.7 Å². The molecule has 1 aromatic carbocycles. The van der Waals surface area contributed by atoms with E-state index >= 15 is 0 Å². The molecule has 0 aromatic heterocycles. The number of nitrogens with one attached hydrogen (secondary N) is 1. The molecule has 1 amide bonds. The fraction of sp³-hybridized carbons (Fsp3) is 0.720. The highest BCUT2D eigenvalue weighted by atomic mass is 35.5. The van der Waals surface area contributed by atoms with E-state index in [-0.39, 0.29) is 24.2 Å². The highest BCUT2D eigenvalue weighted by molar-refractivity contribution is 6.30. The SMILES string of the molecule is O=C(C[C@H]1CC[C@H]2[C@@H](COC[C@H](O)CN2CC2CCCCC2)O1)NCc1ccc(Cl)cc1.